The Morgan fingerprint density at radius 2 is 2.00 bits per heavy atom. The molecule has 0 aliphatic rings. The predicted molar refractivity (Wildman–Crippen MR) is 66.4 cm³/mol. The molecule has 0 radical (unpaired) electrons. The van der Waals surface area contributed by atoms with Crippen LogP contribution < -0.4 is 11.1 Å². The third kappa shape index (κ3) is 3.64. The summed E-state index contributed by atoms with van der Waals surface area (Å²) in [7, 11) is 1.56. The summed E-state index contributed by atoms with van der Waals surface area (Å²) in [5.74, 6) is -3.04. The molecule has 0 bridgehead atoms. The van der Waals surface area contributed by atoms with Crippen LogP contribution in [-0.2, 0) is 4.79 Å². The molecule has 0 spiro atoms. The molecule has 0 fully saturated rings. The number of nitrogens with two attached hydrogens (primary N) is 1. The Kier molecular flexibility index (Phi) is 4.80. The number of carbonyl (C=O) groups excluding carboxylic acids is 2. The van der Waals surface area contributed by atoms with Gasteiger partial charge in [-0.25, -0.2) is 8.78 Å². The number of nitrogens with one attached hydrogen (secondary N) is 1. The van der Waals surface area contributed by atoms with Gasteiger partial charge in [-0.15, -0.1) is 0 Å². The normalized spacial score (nSPS) is 10.1. The second-order valence-corrected chi connectivity index (χ2v) is 3.95. The lowest BCUT2D eigenvalue weighted by Crippen LogP contribution is -2.38. The highest BCUT2D eigenvalue weighted by molar-refractivity contribution is 5.97. The molecule has 0 aliphatic heterocycles. The summed E-state index contributed by atoms with van der Waals surface area (Å²) < 4.78 is 26.6. The number of likely N-dealkylation sites (N-methyl/N-ethyl adjacent to an activating group) is 1. The van der Waals surface area contributed by atoms with Crippen LogP contribution in [0.4, 0.5) is 14.5 Å². The SMILES string of the molecule is CCN(C)C(=O)CNC(=O)c1cc(F)cc(N)c1F. The van der Waals surface area contributed by atoms with Crippen LogP contribution in [0, 0.1) is 11.6 Å². The first-order valence-corrected chi connectivity index (χ1v) is 5.63. The summed E-state index contributed by atoms with van der Waals surface area (Å²) in [6.07, 6.45) is 0. The topological polar surface area (TPSA) is 75.4 Å². The van der Waals surface area contributed by atoms with Crippen LogP contribution in [0.3, 0.4) is 0 Å². The van der Waals surface area contributed by atoms with Gasteiger partial charge in [0.05, 0.1) is 17.8 Å². The minimum atomic E-state index is -1.00. The van der Waals surface area contributed by atoms with Crippen molar-refractivity contribution < 1.29 is 18.4 Å². The van der Waals surface area contributed by atoms with Crippen LogP contribution in [0.5, 0.6) is 0 Å². The Hall–Kier alpha value is -2.18. The molecular formula is C12H15F2N3O2. The number of amides is 2. The number of nitrogen functional groups attached to an aromatic ring is 1. The van der Waals surface area contributed by atoms with Gasteiger partial charge in [0.25, 0.3) is 5.91 Å². The Balaban J connectivity index is 2.77. The minimum Gasteiger partial charge on any atom is -0.396 e. The number of halogens is 2. The molecule has 7 heteroatoms. The van der Waals surface area contributed by atoms with Crippen LogP contribution in [0.25, 0.3) is 0 Å². The Morgan fingerprint density at radius 1 is 1.37 bits per heavy atom. The first-order chi connectivity index (χ1) is 8.86. The Bertz CT molecular complexity index is 506. The molecule has 3 N–H and O–H groups in total. The third-order valence-electron chi connectivity index (χ3n) is 2.61. The average Bonchev–Trinajstić information content (AvgIpc) is 2.38. The van der Waals surface area contributed by atoms with Crippen molar-refractivity contribution in [2.45, 2.75) is 6.92 Å². The average molecular weight is 271 g/mol. The lowest BCUT2D eigenvalue weighted by Gasteiger charge is -2.15. The number of carbonyl (C=O) groups is 2. The van der Waals surface area contributed by atoms with Crippen molar-refractivity contribution in [2.24, 2.45) is 0 Å². The Labute approximate surface area is 109 Å². The van der Waals surface area contributed by atoms with E-state index in [-0.39, 0.29) is 12.5 Å². The van der Waals surface area contributed by atoms with Crippen molar-refractivity contribution >= 4 is 17.5 Å². The van der Waals surface area contributed by atoms with Crippen LogP contribution >= 0.6 is 0 Å². The maximum absolute atomic E-state index is 13.5. The molecule has 0 unspecified atom stereocenters. The molecule has 0 saturated carbocycles. The van der Waals surface area contributed by atoms with E-state index in [1.54, 1.807) is 14.0 Å². The number of hydrogen-bond acceptors (Lipinski definition) is 3. The van der Waals surface area contributed by atoms with E-state index in [1.807, 2.05) is 0 Å². The molecule has 0 aliphatic carbocycles. The molecule has 104 valence electrons. The molecular weight excluding hydrogens is 256 g/mol. The van der Waals surface area contributed by atoms with Crippen molar-refractivity contribution in [2.75, 3.05) is 25.9 Å². The van der Waals surface area contributed by atoms with Gasteiger partial charge in [-0.05, 0) is 19.1 Å². The summed E-state index contributed by atoms with van der Waals surface area (Å²) in [5, 5.41) is 2.22. The van der Waals surface area contributed by atoms with Crippen molar-refractivity contribution in [1.29, 1.82) is 0 Å². The quantitative estimate of drug-likeness (QED) is 0.794. The van der Waals surface area contributed by atoms with E-state index in [0.717, 1.165) is 12.1 Å². The van der Waals surface area contributed by atoms with Crippen LogP contribution in [0.15, 0.2) is 12.1 Å². The summed E-state index contributed by atoms with van der Waals surface area (Å²) in [4.78, 5) is 24.5. The number of anilines is 1. The lowest BCUT2D eigenvalue weighted by molar-refractivity contribution is -0.128. The minimum absolute atomic E-state index is 0.293. The molecule has 2 amide bonds. The molecule has 0 saturated heterocycles. The number of nitrogens with zero attached hydrogens (tertiary/aromatic N) is 1. The van der Waals surface area contributed by atoms with Gasteiger partial charge in [-0.3, -0.25) is 9.59 Å². The highest BCUT2D eigenvalue weighted by Crippen LogP contribution is 2.17. The first kappa shape index (κ1) is 14.9. The van der Waals surface area contributed by atoms with Crippen LogP contribution in [-0.4, -0.2) is 36.9 Å². The zero-order valence-corrected chi connectivity index (χ0v) is 10.7. The van der Waals surface area contributed by atoms with Gasteiger partial charge in [0.2, 0.25) is 5.91 Å². The van der Waals surface area contributed by atoms with E-state index in [9.17, 15) is 18.4 Å². The maximum atomic E-state index is 13.5. The molecule has 19 heavy (non-hydrogen) atoms. The zero-order valence-electron chi connectivity index (χ0n) is 10.7. The third-order valence-corrected chi connectivity index (χ3v) is 2.61. The smallest absolute Gasteiger partial charge is 0.254 e. The second-order valence-electron chi connectivity index (χ2n) is 3.95. The maximum Gasteiger partial charge on any atom is 0.254 e. The summed E-state index contributed by atoms with van der Waals surface area (Å²) >= 11 is 0. The van der Waals surface area contributed by atoms with Crippen molar-refractivity contribution in [1.82, 2.24) is 10.2 Å². The summed E-state index contributed by atoms with van der Waals surface area (Å²) in [6, 6.07) is 1.51. The Morgan fingerprint density at radius 3 is 2.58 bits per heavy atom. The zero-order chi connectivity index (χ0) is 14.6. The molecule has 5 nitrogen and oxygen atoms in total. The van der Waals surface area contributed by atoms with E-state index in [1.165, 1.54) is 4.90 Å². The van der Waals surface area contributed by atoms with Gasteiger partial charge in [0, 0.05) is 13.6 Å². The highest BCUT2D eigenvalue weighted by atomic mass is 19.1. The first-order valence-electron chi connectivity index (χ1n) is 5.63. The molecule has 0 heterocycles. The molecule has 1 rings (SSSR count). The fourth-order valence-corrected chi connectivity index (χ4v) is 1.34. The fraction of sp³-hybridized carbons (Fsp3) is 0.333. The molecule has 1 aromatic carbocycles. The van der Waals surface area contributed by atoms with Crippen LogP contribution in [0.2, 0.25) is 0 Å². The van der Waals surface area contributed by atoms with E-state index >= 15 is 0 Å². The van der Waals surface area contributed by atoms with Gasteiger partial charge < -0.3 is 16.0 Å². The van der Waals surface area contributed by atoms with E-state index in [2.05, 4.69) is 5.32 Å². The van der Waals surface area contributed by atoms with Crippen molar-refractivity contribution in [3.05, 3.63) is 29.3 Å². The highest BCUT2D eigenvalue weighted by Gasteiger charge is 2.17. The van der Waals surface area contributed by atoms with E-state index in [4.69, 9.17) is 5.73 Å². The fourth-order valence-electron chi connectivity index (χ4n) is 1.34. The van der Waals surface area contributed by atoms with E-state index < -0.39 is 28.8 Å². The van der Waals surface area contributed by atoms with Gasteiger partial charge >= 0.3 is 0 Å². The van der Waals surface area contributed by atoms with Gasteiger partial charge in [-0.2, -0.15) is 0 Å². The molecule has 0 aromatic heterocycles. The van der Waals surface area contributed by atoms with E-state index in [0.29, 0.717) is 6.54 Å². The second kappa shape index (κ2) is 6.12. The molecule has 1 aromatic rings. The summed E-state index contributed by atoms with van der Waals surface area (Å²) in [6.45, 7) is 1.96. The van der Waals surface area contributed by atoms with Gasteiger partial charge in [0.15, 0.2) is 5.82 Å². The van der Waals surface area contributed by atoms with Crippen molar-refractivity contribution in [3.8, 4) is 0 Å². The number of benzene rings is 1. The largest absolute Gasteiger partial charge is 0.396 e. The predicted octanol–water partition coefficient (Wildman–Crippen LogP) is 0.755. The van der Waals surface area contributed by atoms with Gasteiger partial charge in [-0.1, -0.05) is 0 Å². The monoisotopic (exact) mass is 271 g/mol. The standard InChI is InChI=1S/C12H15F2N3O2/c1-3-17(2)10(18)6-16-12(19)8-4-7(13)5-9(15)11(8)14/h4-5H,3,6,15H2,1-2H3,(H,16,19). The molecule has 0 atom stereocenters. The van der Waals surface area contributed by atoms with Crippen molar-refractivity contribution in [3.63, 3.8) is 0 Å². The number of hydrogen-bond donors (Lipinski definition) is 2. The summed E-state index contributed by atoms with van der Waals surface area (Å²) in [5.41, 5.74) is 4.23. The number of rotatable bonds is 4. The van der Waals surface area contributed by atoms with Crippen LogP contribution in [0.1, 0.15) is 17.3 Å². The lowest BCUT2D eigenvalue weighted by atomic mass is 10.1. The van der Waals surface area contributed by atoms with Gasteiger partial charge in [0.1, 0.15) is 5.82 Å².